The number of ether oxygens (including phenoxy) is 2. The molecule has 0 aliphatic carbocycles. The van der Waals surface area contributed by atoms with Gasteiger partial charge < -0.3 is 25.4 Å². The molecule has 9 nitrogen and oxygen atoms in total. The van der Waals surface area contributed by atoms with Gasteiger partial charge in [-0.15, -0.1) is 11.3 Å². The topological polar surface area (TPSA) is 119 Å². The van der Waals surface area contributed by atoms with E-state index in [2.05, 4.69) is 20.9 Å². The number of thiazole rings is 1. The van der Waals surface area contributed by atoms with Crippen molar-refractivity contribution in [3.8, 4) is 11.5 Å². The summed E-state index contributed by atoms with van der Waals surface area (Å²) in [6.07, 6.45) is 0. The average Bonchev–Trinajstić information content (AvgIpc) is 3.30. The monoisotopic (exact) mass is 496 g/mol. The molecular weight excluding hydrogens is 468 g/mol. The molecule has 10 heteroatoms. The van der Waals surface area contributed by atoms with Crippen LogP contribution in [0.4, 0.5) is 10.8 Å². The van der Waals surface area contributed by atoms with E-state index in [0.717, 1.165) is 5.56 Å². The van der Waals surface area contributed by atoms with Crippen LogP contribution in [-0.4, -0.2) is 43.5 Å². The Morgan fingerprint density at radius 2 is 1.63 bits per heavy atom. The van der Waals surface area contributed by atoms with Gasteiger partial charge in [-0.3, -0.25) is 14.4 Å². The Bertz CT molecular complexity index is 1220. The second-order valence-corrected chi connectivity index (χ2v) is 9.24. The number of carbonyl (C=O) groups excluding carboxylic acids is 3. The molecule has 0 atom stereocenters. The van der Waals surface area contributed by atoms with Gasteiger partial charge in [-0.25, -0.2) is 4.98 Å². The maximum Gasteiger partial charge on any atom is 0.270 e. The van der Waals surface area contributed by atoms with Gasteiger partial charge in [0, 0.05) is 35.5 Å². The molecule has 0 spiro atoms. The highest BCUT2D eigenvalue weighted by atomic mass is 32.1. The largest absolute Gasteiger partial charge is 0.493 e. The van der Waals surface area contributed by atoms with E-state index in [9.17, 15) is 14.4 Å². The molecule has 3 rings (SSSR count). The first kappa shape index (κ1) is 25.7. The number of carbonyl (C=O) groups is 3. The maximum absolute atomic E-state index is 12.7. The molecule has 0 bridgehead atoms. The molecule has 0 saturated heterocycles. The normalized spacial score (nSPS) is 10.9. The summed E-state index contributed by atoms with van der Waals surface area (Å²) in [4.78, 5) is 40.4. The Kier molecular flexibility index (Phi) is 8.08. The minimum absolute atomic E-state index is 0.240. The first-order valence-corrected chi connectivity index (χ1v) is 11.7. The van der Waals surface area contributed by atoms with Gasteiger partial charge in [0.2, 0.25) is 5.91 Å². The van der Waals surface area contributed by atoms with Crippen molar-refractivity contribution >= 4 is 39.9 Å². The lowest BCUT2D eigenvalue weighted by molar-refractivity contribution is -0.114. The molecule has 0 aliphatic rings. The second-order valence-electron chi connectivity index (χ2n) is 8.39. The molecule has 3 N–H and O–H groups in total. The Labute approximate surface area is 207 Å². The van der Waals surface area contributed by atoms with E-state index in [-0.39, 0.29) is 28.8 Å². The molecular formula is C25H28N4O5S. The standard InChI is InChI=1S/C25H28N4O5S/c1-15(30)27-24-29-19(13-35-24)23(32)26-14-25(2,3)17-7-9-18(10-8-17)28-22(31)16-6-11-20(33-4)21(12-16)34-5/h6-13H,14H2,1-5H3,(H,26,32)(H,28,31)(H,27,29,30). The molecule has 3 aromatic rings. The lowest BCUT2D eigenvalue weighted by Crippen LogP contribution is -2.36. The van der Waals surface area contributed by atoms with Crippen molar-refractivity contribution in [1.29, 1.82) is 0 Å². The van der Waals surface area contributed by atoms with Gasteiger partial charge >= 0.3 is 0 Å². The SMILES string of the molecule is COc1ccc(C(=O)Nc2ccc(C(C)(C)CNC(=O)c3csc(NC(C)=O)n3)cc2)cc1OC. The fourth-order valence-electron chi connectivity index (χ4n) is 3.27. The average molecular weight is 497 g/mol. The summed E-state index contributed by atoms with van der Waals surface area (Å²) < 4.78 is 10.5. The fraction of sp³-hybridized carbons (Fsp3) is 0.280. The number of benzene rings is 2. The van der Waals surface area contributed by atoms with Crippen LogP contribution in [-0.2, 0) is 10.2 Å². The van der Waals surface area contributed by atoms with Gasteiger partial charge in [-0.2, -0.15) is 0 Å². The highest BCUT2D eigenvalue weighted by Crippen LogP contribution is 2.28. The summed E-state index contributed by atoms with van der Waals surface area (Å²) in [6.45, 7) is 5.77. The Morgan fingerprint density at radius 3 is 2.26 bits per heavy atom. The van der Waals surface area contributed by atoms with E-state index in [0.29, 0.717) is 34.4 Å². The van der Waals surface area contributed by atoms with Crippen molar-refractivity contribution in [3.63, 3.8) is 0 Å². The summed E-state index contributed by atoms with van der Waals surface area (Å²) >= 11 is 1.19. The third-order valence-corrected chi connectivity index (χ3v) is 6.04. The zero-order valence-corrected chi connectivity index (χ0v) is 21.0. The fourth-order valence-corrected chi connectivity index (χ4v) is 4.00. The molecule has 2 aromatic carbocycles. The minimum Gasteiger partial charge on any atom is -0.493 e. The third-order valence-electron chi connectivity index (χ3n) is 5.28. The van der Waals surface area contributed by atoms with E-state index in [1.807, 2.05) is 38.1 Å². The molecule has 0 fully saturated rings. The zero-order chi connectivity index (χ0) is 25.6. The van der Waals surface area contributed by atoms with Crippen LogP contribution >= 0.6 is 11.3 Å². The molecule has 3 amide bonds. The van der Waals surface area contributed by atoms with Gasteiger partial charge in [0.15, 0.2) is 16.6 Å². The lowest BCUT2D eigenvalue weighted by atomic mass is 9.84. The number of anilines is 2. The molecule has 1 aromatic heterocycles. The van der Waals surface area contributed by atoms with Gasteiger partial charge in [-0.05, 0) is 35.9 Å². The Morgan fingerprint density at radius 1 is 0.943 bits per heavy atom. The van der Waals surface area contributed by atoms with Gasteiger partial charge in [0.1, 0.15) is 5.69 Å². The summed E-state index contributed by atoms with van der Waals surface area (Å²) in [5, 5.41) is 10.3. The minimum atomic E-state index is -0.377. The van der Waals surface area contributed by atoms with Crippen LogP contribution in [0.2, 0.25) is 0 Å². The highest BCUT2D eigenvalue weighted by molar-refractivity contribution is 7.14. The summed E-state index contributed by atoms with van der Waals surface area (Å²) in [5.74, 6) is 0.196. The zero-order valence-electron chi connectivity index (χ0n) is 20.2. The van der Waals surface area contributed by atoms with Gasteiger partial charge in [0.05, 0.1) is 14.2 Å². The lowest BCUT2D eigenvalue weighted by Gasteiger charge is -2.25. The van der Waals surface area contributed by atoms with Crippen molar-refractivity contribution in [3.05, 3.63) is 64.7 Å². The van der Waals surface area contributed by atoms with Crippen LogP contribution in [0.1, 0.15) is 47.2 Å². The number of nitrogens with one attached hydrogen (secondary N) is 3. The van der Waals surface area contributed by atoms with Gasteiger partial charge in [-0.1, -0.05) is 26.0 Å². The van der Waals surface area contributed by atoms with Crippen molar-refractivity contribution in [1.82, 2.24) is 10.3 Å². The quantitative estimate of drug-likeness (QED) is 0.411. The van der Waals surface area contributed by atoms with Crippen molar-refractivity contribution in [2.45, 2.75) is 26.2 Å². The molecule has 184 valence electrons. The van der Waals surface area contributed by atoms with E-state index in [1.165, 1.54) is 32.5 Å². The smallest absolute Gasteiger partial charge is 0.270 e. The summed E-state index contributed by atoms with van der Waals surface area (Å²) in [7, 11) is 3.05. The van der Waals surface area contributed by atoms with Crippen molar-refractivity contribution in [2.24, 2.45) is 0 Å². The number of rotatable bonds is 9. The van der Waals surface area contributed by atoms with Crippen molar-refractivity contribution in [2.75, 3.05) is 31.4 Å². The number of aromatic nitrogens is 1. The van der Waals surface area contributed by atoms with Crippen LogP contribution in [0, 0.1) is 0 Å². The predicted molar refractivity (Wildman–Crippen MR) is 136 cm³/mol. The first-order chi connectivity index (χ1) is 16.6. The highest BCUT2D eigenvalue weighted by Gasteiger charge is 2.23. The molecule has 0 saturated carbocycles. The number of hydrogen-bond donors (Lipinski definition) is 3. The van der Waals surface area contributed by atoms with Crippen LogP contribution in [0.3, 0.4) is 0 Å². The van der Waals surface area contributed by atoms with Crippen molar-refractivity contribution < 1.29 is 23.9 Å². The van der Waals surface area contributed by atoms with Crippen LogP contribution < -0.4 is 25.4 Å². The van der Waals surface area contributed by atoms with E-state index >= 15 is 0 Å². The molecule has 0 radical (unpaired) electrons. The molecule has 1 heterocycles. The van der Waals surface area contributed by atoms with Crippen LogP contribution in [0.5, 0.6) is 11.5 Å². The molecule has 0 unspecified atom stereocenters. The van der Waals surface area contributed by atoms with Crippen LogP contribution in [0.15, 0.2) is 47.8 Å². The second kappa shape index (κ2) is 11.0. The van der Waals surface area contributed by atoms with E-state index < -0.39 is 0 Å². The number of nitrogens with zero attached hydrogens (tertiary/aromatic N) is 1. The number of methoxy groups -OCH3 is 2. The summed E-state index contributed by atoms with van der Waals surface area (Å²) in [5.41, 5.74) is 1.94. The van der Waals surface area contributed by atoms with E-state index in [4.69, 9.17) is 9.47 Å². The Balaban J connectivity index is 1.60. The first-order valence-electron chi connectivity index (χ1n) is 10.8. The maximum atomic E-state index is 12.7. The predicted octanol–water partition coefficient (Wildman–Crippen LogP) is 4.08. The third kappa shape index (κ3) is 6.57. The molecule has 0 aliphatic heterocycles. The molecule has 35 heavy (non-hydrogen) atoms. The summed E-state index contributed by atoms with van der Waals surface area (Å²) in [6, 6.07) is 12.4. The van der Waals surface area contributed by atoms with E-state index in [1.54, 1.807) is 23.6 Å². The Hall–Kier alpha value is -3.92. The number of hydrogen-bond acceptors (Lipinski definition) is 7. The van der Waals surface area contributed by atoms with Gasteiger partial charge in [0.25, 0.3) is 11.8 Å². The van der Waals surface area contributed by atoms with Crippen LogP contribution in [0.25, 0.3) is 0 Å². The number of amides is 3.